The highest BCUT2D eigenvalue weighted by Crippen LogP contribution is 2.24. The molecule has 18 heavy (non-hydrogen) atoms. The van der Waals surface area contributed by atoms with Crippen molar-refractivity contribution < 1.29 is 4.74 Å². The van der Waals surface area contributed by atoms with E-state index in [1.165, 1.54) is 0 Å². The summed E-state index contributed by atoms with van der Waals surface area (Å²) in [5, 5.41) is 4.21. The molecule has 1 rings (SSSR count). The number of aromatic nitrogens is 1. The van der Waals surface area contributed by atoms with Crippen LogP contribution in [-0.2, 0) is 11.2 Å². The number of hydrogen-bond acceptors (Lipinski definition) is 3. The van der Waals surface area contributed by atoms with Gasteiger partial charge in [0.25, 0.3) is 0 Å². The van der Waals surface area contributed by atoms with Crippen LogP contribution in [0.5, 0.6) is 0 Å². The molecule has 0 aromatic carbocycles. The molecule has 0 saturated heterocycles. The van der Waals surface area contributed by atoms with Crippen molar-refractivity contribution in [3.8, 4) is 0 Å². The molecule has 2 unspecified atom stereocenters. The molecule has 0 saturated carbocycles. The predicted molar refractivity (Wildman–Crippen MR) is 76.1 cm³/mol. The van der Waals surface area contributed by atoms with Crippen molar-refractivity contribution >= 4 is 11.6 Å². The fourth-order valence-electron chi connectivity index (χ4n) is 2.07. The van der Waals surface area contributed by atoms with E-state index in [-0.39, 0.29) is 11.6 Å². The third kappa shape index (κ3) is 3.67. The summed E-state index contributed by atoms with van der Waals surface area (Å²) in [7, 11) is 1.77. The molecular formula is C14H23ClN2O. The average Bonchev–Trinajstić information content (AvgIpc) is 2.39. The molecule has 0 fully saturated rings. The topological polar surface area (TPSA) is 34.2 Å². The highest BCUT2D eigenvalue weighted by molar-refractivity contribution is 6.31. The van der Waals surface area contributed by atoms with Gasteiger partial charge in [0.2, 0.25) is 0 Å². The first kappa shape index (κ1) is 15.4. The van der Waals surface area contributed by atoms with Gasteiger partial charge in [-0.1, -0.05) is 25.4 Å². The minimum atomic E-state index is -0.192. The van der Waals surface area contributed by atoms with Gasteiger partial charge in [0, 0.05) is 25.5 Å². The minimum Gasteiger partial charge on any atom is -0.377 e. The fraction of sp³-hybridized carbons (Fsp3) is 0.643. The molecule has 3 nitrogen and oxygen atoms in total. The Kier molecular flexibility index (Phi) is 6.06. The molecule has 102 valence electrons. The number of methoxy groups -OCH3 is 1. The van der Waals surface area contributed by atoms with Gasteiger partial charge in [-0.05, 0) is 37.9 Å². The lowest BCUT2D eigenvalue weighted by molar-refractivity contribution is -0.0283. The Morgan fingerprint density at radius 2 is 2.22 bits per heavy atom. The van der Waals surface area contributed by atoms with Gasteiger partial charge in [-0.3, -0.25) is 4.98 Å². The third-order valence-corrected chi connectivity index (χ3v) is 3.98. The Labute approximate surface area is 115 Å². The van der Waals surface area contributed by atoms with Crippen LogP contribution in [0.2, 0.25) is 5.02 Å². The number of nitrogens with zero attached hydrogens (tertiary/aromatic N) is 1. The van der Waals surface area contributed by atoms with Crippen molar-refractivity contribution in [2.75, 3.05) is 13.7 Å². The Bertz CT molecular complexity index is 367. The highest BCUT2D eigenvalue weighted by Gasteiger charge is 2.32. The highest BCUT2D eigenvalue weighted by atomic mass is 35.5. The summed E-state index contributed by atoms with van der Waals surface area (Å²) < 4.78 is 5.69. The molecule has 0 radical (unpaired) electrons. The number of hydrogen-bond donors (Lipinski definition) is 1. The molecule has 1 N–H and O–H groups in total. The minimum absolute atomic E-state index is 0.192. The zero-order valence-electron chi connectivity index (χ0n) is 11.7. The molecule has 1 aromatic rings. The van der Waals surface area contributed by atoms with Crippen LogP contribution >= 0.6 is 11.6 Å². The van der Waals surface area contributed by atoms with Gasteiger partial charge in [0.15, 0.2) is 0 Å². The van der Waals surface area contributed by atoms with Gasteiger partial charge in [-0.2, -0.15) is 0 Å². The molecule has 0 amide bonds. The van der Waals surface area contributed by atoms with Crippen LogP contribution < -0.4 is 5.32 Å². The van der Waals surface area contributed by atoms with E-state index in [9.17, 15) is 0 Å². The zero-order chi connectivity index (χ0) is 13.6. The van der Waals surface area contributed by atoms with Crippen molar-refractivity contribution in [1.82, 2.24) is 10.3 Å². The van der Waals surface area contributed by atoms with Crippen LogP contribution in [-0.4, -0.2) is 30.3 Å². The SMILES string of the molecule is CCNC(Cc1ccncc1Cl)C(C)(CC)OC. The van der Waals surface area contributed by atoms with Gasteiger partial charge in [0.1, 0.15) is 0 Å². The summed E-state index contributed by atoms with van der Waals surface area (Å²) in [4.78, 5) is 4.02. The Morgan fingerprint density at radius 3 is 2.72 bits per heavy atom. The largest absolute Gasteiger partial charge is 0.377 e. The molecule has 1 aromatic heterocycles. The van der Waals surface area contributed by atoms with Crippen LogP contribution in [0.15, 0.2) is 18.5 Å². The van der Waals surface area contributed by atoms with Crippen molar-refractivity contribution in [3.63, 3.8) is 0 Å². The van der Waals surface area contributed by atoms with E-state index >= 15 is 0 Å². The van der Waals surface area contributed by atoms with Gasteiger partial charge in [-0.25, -0.2) is 0 Å². The predicted octanol–water partition coefficient (Wildman–Crippen LogP) is 3.07. The lowest BCUT2D eigenvalue weighted by atomic mass is 9.88. The second-order valence-electron chi connectivity index (χ2n) is 4.65. The van der Waals surface area contributed by atoms with E-state index in [4.69, 9.17) is 16.3 Å². The molecule has 1 heterocycles. The third-order valence-electron chi connectivity index (χ3n) is 3.64. The van der Waals surface area contributed by atoms with E-state index < -0.39 is 0 Å². The summed E-state index contributed by atoms with van der Waals surface area (Å²) in [6.07, 6.45) is 5.26. The summed E-state index contributed by atoms with van der Waals surface area (Å²) in [6, 6.07) is 2.20. The molecule has 0 aliphatic heterocycles. The van der Waals surface area contributed by atoms with E-state index in [2.05, 4.69) is 31.1 Å². The summed E-state index contributed by atoms with van der Waals surface area (Å²) in [5.74, 6) is 0. The molecule has 0 aliphatic rings. The molecule has 2 atom stereocenters. The Morgan fingerprint density at radius 1 is 1.50 bits per heavy atom. The summed E-state index contributed by atoms with van der Waals surface area (Å²) in [5.41, 5.74) is 0.914. The molecule has 0 spiro atoms. The standard InChI is InChI=1S/C14H23ClN2O/c1-5-14(3,18-4)13(17-6-2)9-11-7-8-16-10-12(11)15/h7-8,10,13,17H,5-6,9H2,1-4H3. The monoisotopic (exact) mass is 270 g/mol. The van der Waals surface area contributed by atoms with Crippen LogP contribution in [0.25, 0.3) is 0 Å². The number of halogens is 1. The molecule has 4 heteroatoms. The van der Waals surface area contributed by atoms with Gasteiger partial charge >= 0.3 is 0 Å². The van der Waals surface area contributed by atoms with E-state index in [1.54, 1.807) is 19.5 Å². The number of rotatable bonds is 7. The maximum Gasteiger partial charge on any atom is 0.0803 e. The maximum absolute atomic E-state index is 6.17. The number of ether oxygens (including phenoxy) is 1. The number of likely N-dealkylation sites (N-methyl/N-ethyl adjacent to an activating group) is 1. The lowest BCUT2D eigenvalue weighted by Gasteiger charge is -2.36. The van der Waals surface area contributed by atoms with Gasteiger partial charge in [-0.15, -0.1) is 0 Å². The quantitative estimate of drug-likeness (QED) is 0.827. The zero-order valence-corrected chi connectivity index (χ0v) is 12.4. The van der Waals surface area contributed by atoms with Crippen molar-refractivity contribution in [1.29, 1.82) is 0 Å². The molecule has 0 bridgehead atoms. The lowest BCUT2D eigenvalue weighted by Crippen LogP contribution is -2.51. The van der Waals surface area contributed by atoms with Crippen LogP contribution in [0.4, 0.5) is 0 Å². The smallest absolute Gasteiger partial charge is 0.0803 e. The van der Waals surface area contributed by atoms with Crippen LogP contribution in [0, 0.1) is 0 Å². The van der Waals surface area contributed by atoms with E-state index in [0.29, 0.717) is 0 Å². The summed E-state index contributed by atoms with van der Waals surface area (Å²) >= 11 is 6.17. The first-order valence-electron chi connectivity index (χ1n) is 6.44. The maximum atomic E-state index is 6.17. The first-order valence-corrected chi connectivity index (χ1v) is 6.82. The van der Waals surface area contributed by atoms with Crippen molar-refractivity contribution in [3.05, 3.63) is 29.0 Å². The second-order valence-corrected chi connectivity index (χ2v) is 5.06. The number of nitrogens with one attached hydrogen (secondary N) is 1. The Hall–Kier alpha value is -0.640. The molecule has 0 aliphatic carbocycles. The average molecular weight is 271 g/mol. The number of pyridine rings is 1. The van der Waals surface area contributed by atoms with Gasteiger partial charge < -0.3 is 10.1 Å². The van der Waals surface area contributed by atoms with Crippen molar-refractivity contribution in [2.24, 2.45) is 0 Å². The van der Waals surface area contributed by atoms with E-state index in [1.807, 2.05) is 6.07 Å². The normalized spacial score (nSPS) is 16.3. The van der Waals surface area contributed by atoms with Crippen LogP contribution in [0.1, 0.15) is 32.8 Å². The summed E-state index contributed by atoms with van der Waals surface area (Å²) in [6.45, 7) is 7.29. The van der Waals surface area contributed by atoms with Crippen molar-refractivity contribution in [2.45, 2.75) is 45.3 Å². The van der Waals surface area contributed by atoms with Crippen LogP contribution in [0.3, 0.4) is 0 Å². The van der Waals surface area contributed by atoms with Gasteiger partial charge in [0.05, 0.1) is 10.6 Å². The van der Waals surface area contributed by atoms with E-state index in [0.717, 1.165) is 30.0 Å². The Balaban J connectivity index is 2.90. The second kappa shape index (κ2) is 7.07. The fourth-order valence-corrected chi connectivity index (χ4v) is 2.27. The first-order chi connectivity index (χ1) is 8.57. The molecular weight excluding hydrogens is 248 g/mol.